The second-order valence-electron chi connectivity index (χ2n) is 13.9. The largest absolute Gasteiger partial charge is 0.469 e. The maximum Gasteiger partial charge on any atom is 0.311 e. The zero-order chi connectivity index (χ0) is 27.2. The Kier molecular flexibility index (Phi) is 5.51. The van der Waals surface area contributed by atoms with Gasteiger partial charge in [0.2, 0.25) is 0 Å². The number of ether oxygens (including phenoxy) is 1. The van der Waals surface area contributed by atoms with Gasteiger partial charge in [-0.2, -0.15) is 5.26 Å². The Morgan fingerprint density at radius 3 is 2.35 bits per heavy atom. The van der Waals surface area contributed by atoms with Gasteiger partial charge in [0.1, 0.15) is 5.60 Å². The third kappa shape index (κ3) is 3.18. The summed E-state index contributed by atoms with van der Waals surface area (Å²) in [5, 5.41) is 20.7. The number of hydrogen-bond donors (Lipinski definition) is 1. The van der Waals surface area contributed by atoms with Gasteiger partial charge in [-0.1, -0.05) is 45.4 Å². The first-order valence-electron chi connectivity index (χ1n) is 13.7. The molecular formula is C32H41NO4. The van der Waals surface area contributed by atoms with E-state index in [2.05, 4.69) is 40.7 Å². The monoisotopic (exact) mass is 503 g/mol. The van der Waals surface area contributed by atoms with E-state index in [1.807, 2.05) is 12.1 Å². The van der Waals surface area contributed by atoms with Gasteiger partial charge in [-0.15, -0.1) is 0 Å². The molecule has 37 heavy (non-hydrogen) atoms. The molecule has 0 bridgehead atoms. The molecule has 198 valence electrons. The van der Waals surface area contributed by atoms with Crippen molar-refractivity contribution >= 4 is 11.8 Å². The summed E-state index contributed by atoms with van der Waals surface area (Å²) in [6.45, 7) is 13.2. The number of carbonyl (C=O) groups is 2. The van der Waals surface area contributed by atoms with Crippen molar-refractivity contribution in [3.8, 4) is 6.07 Å². The lowest BCUT2D eigenvalue weighted by Gasteiger charge is -2.70. The quantitative estimate of drug-likeness (QED) is 0.263. The Morgan fingerprint density at radius 2 is 1.70 bits per heavy atom. The molecular weight excluding hydrogens is 462 g/mol. The van der Waals surface area contributed by atoms with Crippen LogP contribution in [0.1, 0.15) is 86.5 Å². The van der Waals surface area contributed by atoms with Crippen molar-refractivity contribution in [1.29, 1.82) is 5.26 Å². The van der Waals surface area contributed by atoms with Gasteiger partial charge in [-0.25, -0.2) is 0 Å². The summed E-state index contributed by atoms with van der Waals surface area (Å²) in [6, 6.07) is 1.93. The van der Waals surface area contributed by atoms with Gasteiger partial charge in [0.05, 0.1) is 18.6 Å². The molecule has 0 aromatic heterocycles. The maximum atomic E-state index is 13.1. The minimum absolute atomic E-state index is 0.0139. The lowest BCUT2D eigenvalue weighted by molar-refractivity contribution is -0.180. The number of nitrogens with zero attached hydrogens (tertiary/aromatic N) is 1. The predicted molar refractivity (Wildman–Crippen MR) is 142 cm³/mol. The molecule has 3 fully saturated rings. The number of rotatable bonds is 1. The second kappa shape index (κ2) is 7.79. The maximum absolute atomic E-state index is 13.1. The molecule has 5 rings (SSSR count). The van der Waals surface area contributed by atoms with Crippen LogP contribution in [-0.2, 0) is 14.3 Å². The van der Waals surface area contributed by atoms with Crippen molar-refractivity contribution in [2.75, 3.05) is 7.11 Å². The molecule has 1 N–H and O–H groups in total. The van der Waals surface area contributed by atoms with Gasteiger partial charge < -0.3 is 9.84 Å². The van der Waals surface area contributed by atoms with Crippen LogP contribution in [0.4, 0.5) is 0 Å². The fourth-order valence-electron chi connectivity index (χ4n) is 9.34. The van der Waals surface area contributed by atoms with E-state index in [1.54, 1.807) is 13.0 Å². The number of hydrogen-bond acceptors (Lipinski definition) is 5. The first-order chi connectivity index (χ1) is 17.1. The molecule has 5 aliphatic rings. The van der Waals surface area contributed by atoms with E-state index in [9.17, 15) is 20.0 Å². The molecule has 0 saturated heterocycles. The Balaban J connectivity index is 1.64. The highest BCUT2D eigenvalue weighted by molar-refractivity contribution is 6.09. The number of methoxy groups -OCH3 is 1. The highest BCUT2D eigenvalue weighted by Crippen LogP contribution is 2.75. The van der Waals surface area contributed by atoms with Crippen LogP contribution < -0.4 is 0 Å². The Morgan fingerprint density at radius 1 is 1.03 bits per heavy atom. The fourth-order valence-corrected chi connectivity index (χ4v) is 9.34. The molecule has 0 aromatic rings. The number of fused-ring (bicyclic) bond motifs is 7. The van der Waals surface area contributed by atoms with Gasteiger partial charge in [0.25, 0.3) is 0 Å². The van der Waals surface area contributed by atoms with E-state index in [0.29, 0.717) is 5.92 Å². The van der Waals surface area contributed by atoms with Crippen molar-refractivity contribution in [3.05, 3.63) is 46.6 Å². The first-order valence-corrected chi connectivity index (χ1v) is 13.7. The highest BCUT2D eigenvalue weighted by atomic mass is 16.5. The summed E-state index contributed by atoms with van der Waals surface area (Å²) in [7, 11) is 1.50. The van der Waals surface area contributed by atoms with E-state index in [4.69, 9.17) is 4.74 Å². The molecule has 0 aliphatic heterocycles. The molecule has 3 saturated carbocycles. The van der Waals surface area contributed by atoms with Crippen molar-refractivity contribution < 1.29 is 19.4 Å². The van der Waals surface area contributed by atoms with Gasteiger partial charge >= 0.3 is 5.97 Å². The van der Waals surface area contributed by atoms with Crippen molar-refractivity contribution in [2.45, 2.75) is 92.1 Å². The topological polar surface area (TPSA) is 87.4 Å². The summed E-state index contributed by atoms with van der Waals surface area (Å²) in [6.07, 6.45) is 13.8. The lowest BCUT2D eigenvalue weighted by atomic mass is 9.34. The molecule has 0 radical (unpaired) electrons. The second-order valence-corrected chi connectivity index (χ2v) is 13.9. The molecule has 0 amide bonds. The van der Waals surface area contributed by atoms with Crippen LogP contribution in [0.5, 0.6) is 0 Å². The van der Waals surface area contributed by atoms with Gasteiger partial charge in [-0.05, 0) is 98.2 Å². The number of ketones is 1. The van der Waals surface area contributed by atoms with E-state index in [-0.39, 0.29) is 39.0 Å². The zero-order valence-corrected chi connectivity index (χ0v) is 23.5. The molecule has 0 aromatic carbocycles. The van der Waals surface area contributed by atoms with Crippen LogP contribution in [0.25, 0.3) is 0 Å². The SMILES string of the molecule is COC(=O)[C@]1(C)CC[C@]2(C)CC[C@]3(C)C4=CC=C5C(=CC(=O)/C(=C\C#N)C5(C)O)[C@]4(C)CC[C@@]3(C)[C@@H]2C1. The third-order valence-corrected chi connectivity index (χ3v) is 12.1. The van der Waals surface area contributed by atoms with Crippen LogP contribution in [0, 0.1) is 44.3 Å². The van der Waals surface area contributed by atoms with Crippen LogP contribution in [-0.4, -0.2) is 29.6 Å². The minimum Gasteiger partial charge on any atom is -0.469 e. The zero-order valence-electron chi connectivity index (χ0n) is 23.5. The molecule has 5 nitrogen and oxygen atoms in total. The number of esters is 1. The minimum atomic E-state index is -1.50. The van der Waals surface area contributed by atoms with Gasteiger partial charge in [0.15, 0.2) is 5.78 Å². The molecule has 5 aliphatic carbocycles. The number of aliphatic hydroxyl groups is 1. The average Bonchev–Trinajstić information content (AvgIpc) is 2.84. The summed E-state index contributed by atoms with van der Waals surface area (Å²) in [5.74, 6) is 0.00420. The van der Waals surface area contributed by atoms with Crippen molar-refractivity contribution in [1.82, 2.24) is 0 Å². The number of allylic oxidation sites excluding steroid dienone is 5. The lowest BCUT2D eigenvalue weighted by Crippen LogP contribution is -2.62. The van der Waals surface area contributed by atoms with Crippen molar-refractivity contribution in [3.63, 3.8) is 0 Å². The molecule has 1 unspecified atom stereocenters. The molecule has 0 spiro atoms. The molecule has 0 heterocycles. The van der Waals surface area contributed by atoms with Crippen LogP contribution >= 0.6 is 0 Å². The van der Waals surface area contributed by atoms with Crippen LogP contribution in [0.3, 0.4) is 0 Å². The summed E-state index contributed by atoms with van der Waals surface area (Å²) >= 11 is 0. The van der Waals surface area contributed by atoms with Gasteiger partial charge in [-0.3, -0.25) is 9.59 Å². The fraction of sp³-hybridized carbons (Fsp3) is 0.656. The first kappa shape index (κ1) is 26.2. The van der Waals surface area contributed by atoms with Crippen LogP contribution in [0.2, 0.25) is 0 Å². The van der Waals surface area contributed by atoms with E-state index >= 15 is 0 Å². The standard InChI is InChI=1S/C32H41NO4/c1-27-11-12-28(2,26(35)37-7)19-25(27)31(5)16-14-29(3)22-18-23(34)21(10-17-33)32(6,36)20(22)8-9-24(29)30(31,4)15-13-27/h8-10,18,25,36H,11-16,19H2,1-7H3/b21-10+/t25-,27-,28-,29+,30-,31+,32?/m1/s1. The summed E-state index contributed by atoms with van der Waals surface area (Å²) in [4.78, 5) is 26.0. The highest BCUT2D eigenvalue weighted by Gasteiger charge is 2.67. The van der Waals surface area contributed by atoms with E-state index in [0.717, 1.165) is 56.1 Å². The predicted octanol–water partition coefficient (Wildman–Crippen LogP) is 6.16. The Labute approximate surface area is 221 Å². The molecule has 7 atom stereocenters. The van der Waals surface area contributed by atoms with E-state index in [1.165, 1.54) is 18.8 Å². The number of carbonyl (C=O) groups excluding carboxylic acids is 2. The van der Waals surface area contributed by atoms with E-state index < -0.39 is 11.0 Å². The normalized spacial score (nSPS) is 47.8. The Hall–Kier alpha value is -2.45. The van der Waals surface area contributed by atoms with Crippen molar-refractivity contribution in [2.24, 2.45) is 33.0 Å². The average molecular weight is 504 g/mol. The smallest absolute Gasteiger partial charge is 0.311 e. The van der Waals surface area contributed by atoms with Gasteiger partial charge in [0, 0.05) is 17.1 Å². The summed E-state index contributed by atoms with van der Waals surface area (Å²) in [5.41, 5.74) is 0.826. The molecule has 5 heteroatoms. The summed E-state index contributed by atoms with van der Waals surface area (Å²) < 4.78 is 5.27. The third-order valence-electron chi connectivity index (χ3n) is 12.1. The Bertz CT molecular complexity index is 1260. The van der Waals surface area contributed by atoms with Crippen LogP contribution in [0.15, 0.2) is 46.6 Å². The number of nitriles is 1.